The number of nitrogens with one attached hydrogen (secondary N) is 1. The Balaban J connectivity index is 1.53. The van der Waals surface area contributed by atoms with Gasteiger partial charge >= 0.3 is 0 Å². The lowest BCUT2D eigenvalue weighted by Gasteiger charge is -2.31. The zero-order valence-corrected chi connectivity index (χ0v) is 14.5. The van der Waals surface area contributed by atoms with E-state index in [0.29, 0.717) is 5.91 Å². The van der Waals surface area contributed by atoms with Crippen LogP contribution in [0.5, 0.6) is 0 Å². The van der Waals surface area contributed by atoms with Gasteiger partial charge < -0.3 is 4.90 Å². The van der Waals surface area contributed by atoms with Crippen molar-refractivity contribution in [1.82, 2.24) is 15.1 Å². The van der Waals surface area contributed by atoms with Gasteiger partial charge in [0.15, 0.2) is 0 Å². The van der Waals surface area contributed by atoms with Crippen LogP contribution in [0.3, 0.4) is 0 Å². The largest absolute Gasteiger partial charge is 0.335 e. The smallest absolute Gasteiger partial charge is 0.226 e. The molecule has 2 heterocycles. The highest BCUT2D eigenvalue weighted by Crippen LogP contribution is 2.36. The Morgan fingerprint density at radius 3 is 2.79 bits per heavy atom. The van der Waals surface area contributed by atoms with Gasteiger partial charge in [0.1, 0.15) is 0 Å². The molecule has 1 N–H and O–H groups in total. The third kappa shape index (κ3) is 2.64. The molecule has 24 heavy (non-hydrogen) atoms. The van der Waals surface area contributed by atoms with Gasteiger partial charge in [0.2, 0.25) is 5.91 Å². The van der Waals surface area contributed by atoms with Gasteiger partial charge in [-0.15, -0.1) is 0 Å². The van der Waals surface area contributed by atoms with Crippen LogP contribution in [0.4, 0.5) is 0 Å². The van der Waals surface area contributed by atoms with E-state index in [2.05, 4.69) is 53.2 Å². The minimum Gasteiger partial charge on any atom is -0.335 e. The number of likely N-dealkylation sites (tertiary alicyclic amines) is 1. The van der Waals surface area contributed by atoms with E-state index in [4.69, 9.17) is 0 Å². The second kappa shape index (κ2) is 6.08. The molecule has 4 heteroatoms. The van der Waals surface area contributed by atoms with Gasteiger partial charge in [-0.05, 0) is 57.1 Å². The molecule has 0 spiro atoms. The Morgan fingerprint density at radius 2 is 2.00 bits per heavy atom. The molecule has 0 radical (unpaired) electrons. The first-order valence-electron chi connectivity index (χ1n) is 9.03. The van der Waals surface area contributed by atoms with Crippen LogP contribution in [-0.2, 0) is 17.6 Å². The third-order valence-electron chi connectivity index (χ3n) is 5.69. The van der Waals surface area contributed by atoms with Gasteiger partial charge in [-0.1, -0.05) is 29.8 Å². The highest BCUT2D eigenvalue weighted by molar-refractivity contribution is 5.80. The Morgan fingerprint density at radius 1 is 1.21 bits per heavy atom. The summed E-state index contributed by atoms with van der Waals surface area (Å²) in [7, 11) is 0. The zero-order chi connectivity index (χ0) is 16.7. The van der Waals surface area contributed by atoms with E-state index in [1.54, 1.807) is 0 Å². The molecule has 1 aromatic carbocycles. The first-order valence-corrected chi connectivity index (χ1v) is 9.03. The molecule has 2 aliphatic rings. The Bertz CT molecular complexity index is 747. The van der Waals surface area contributed by atoms with E-state index in [-0.39, 0.29) is 12.0 Å². The standard InChI is InChI=1S/C20H25N3O/c1-13-5-7-15(8-6-13)19-4-3-11-23(19)20(24)16-9-10-18-17(12-16)14(2)21-22-18/h5-8,16,19H,3-4,9-12H2,1-2H3,(H,21,22). The van der Waals surface area contributed by atoms with Crippen LogP contribution < -0.4 is 0 Å². The predicted molar refractivity (Wildman–Crippen MR) is 93.7 cm³/mol. The van der Waals surface area contributed by atoms with E-state index in [0.717, 1.165) is 50.0 Å². The Kier molecular flexibility index (Phi) is 3.91. The molecule has 4 nitrogen and oxygen atoms in total. The second-order valence-electron chi connectivity index (χ2n) is 7.31. The molecule has 126 valence electrons. The highest BCUT2D eigenvalue weighted by atomic mass is 16.2. The number of amides is 1. The van der Waals surface area contributed by atoms with Crippen LogP contribution in [0.1, 0.15) is 53.4 Å². The highest BCUT2D eigenvalue weighted by Gasteiger charge is 2.36. The van der Waals surface area contributed by atoms with Gasteiger partial charge in [0.05, 0.1) is 11.7 Å². The van der Waals surface area contributed by atoms with Crippen molar-refractivity contribution in [3.05, 3.63) is 52.3 Å². The van der Waals surface area contributed by atoms with Gasteiger partial charge in [-0.25, -0.2) is 0 Å². The first kappa shape index (κ1) is 15.4. The average Bonchev–Trinajstić information content (AvgIpc) is 3.22. The summed E-state index contributed by atoms with van der Waals surface area (Å²) in [5.41, 5.74) is 6.10. The van der Waals surface area contributed by atoms with Crippen LogP contribution in [-0.4, -0.2) is 27.5 Å². The van der Waals surface area contributed by atoms with Crippen molar-refractivity contribution in [3.8, 4) is 0 Å². The third-order valence-corrected chi connectivity index (χ3v) is 5.69. The van der Waals surface area contributed by atoms with E-state index in [1.807, 2.05) is 0 Å². The van der Waals surface area contributed by atoms with E-state index in [9.17, 15) is 4.79 Å². The lowest BCUT2D eigenvalue weighted by molar-refractivity contribution is -0.136. The molecule has 1 aliphatic carbocycles. The summed E-state index contributed by atoms with van der Waals surface area (Å²) in [6.07, 6.45) is 4.87. The number of carbonyl (C=O) groups is 1. The summed E-state index contributed by atoms with van der Waals surface area (Å²) < 4.78 is 0. The second-order valence-corrected chi connectivity index (χ2v) is 7.31. The molecular formula is C20H25N3O. The van der Waals surface area contributed by atoms with Crippen molar-refractivity contribution in [2.75, 3.05) is 6.54 Å². The van der Waals surface area contributed by atoms with Crippen molar-refractivity contribution in [2.45, 2.75) is 52.0 Å². The normalized spacial score (nSPS) is 23.3. The van der Waals surface area contributed by atoms with Gasteiger partial charge in [-0.2, -0.15) is 5.10 Å². The number of benzene rings is 1. The number of nitrogens with zero attached hydrogens (tertiary/aromatic N) is 2. The molecule has 0 bridgehead atoms. The van der Waals surface area contributed by atoms with Gasteiger partial charge in [-0.3, -0.25) is 9.89 Å². The average molecular weight is 323 g/mol. The lowest BCUT2D eigenvalue weighted by atomic mass is 9.85. The number of rotatable bonds is 2. The summed E-state index contributed by atoms with van der Waals surface area (Å²) in [4.78, 5) is 15.3. The van der Waals surface area contributed by atoms with E-state index in [1.165, 1.54) is 16.7 Å². The summed E-state index contributed by atoms with van der Waals surface area (Å²) >= 11 is 0. The fourth-order valence-electron chi connectivity index (χ4n) is 4.25. The monoisotopic (exact) mass is 323 g/mol. The van der Waals surface area contributed by atoms with Gasteiger partial charge in [0.25, 0.3) is 0 Å². The van der Waals surface area contributed by atoms with E-state index < -0.39 is 0 Å². The molecule has 2 atom stereocenters. The predicted octanol–water partition coefficient (Wildman–Crippen LogP) is 3.50. The molecule has 0 saturated carbocycles. The summed E-state index contributed by atoms with van der Waals surface area (Å²) in [6.45, 7) is 5.06. The number of carbonyl (C=O) groups excluding carboxylic acids is 1. The molecule has 1 aliphatic heterocycles. The van der Waals surface area contributed by atoms with Crippen molar-refractivity contribution >= 4 is 5.91 Å². The van der Waals surface area contributed by atoms with Crippen LogP contribution in [0.15, 0.2) is 24.3 Å². The van der Waals surface area contributed by atoms with Crippen LogP contribution in [0.25, 0.3) is 0 Å². The number of hydrogen-bond donors (Lipinski definition) is 1. The van der Waals surface area contributed by atoms with Crippen LogP contribution in [0, 0.1) is 19.8 Å². The maximum Gasteiger partial charge on any atom is 0.226 e. The lowest BCUT2D eigenvalue weighted by Crippen LogP contribution is -2.38. The maximum absolute atomic E-state index is 13.2. The number of aromatic amines is 1. The minimum atomic E-state index is 0.111. The Hall–Kier alpha value is -2.10. The summed E-state index contributed by atoms with van der Waals surface area (Å²) in [5, 5.41) is 7.44. The summed E-state index contributed by atoms with van der Waals surface area (Å²) in [6, 6.07) is 8.93. The molecular weight excluding hydrogens is 298 g/mol. The quantitative estimate of drug-likeness (QED) is 0.919. The molecule has 1 fully saturated rings. The van der Waals surface area contributed by atoms with E-state index >= 15 is 0 Å². The SMILES string of the molecule is Cc1ccc(C2CCCN2C(=O)C2CCc3n[nH]c(C)c3C2)cc1. The summed E-state index contributed by atoms with van der Waals surface area (Å²) in [5.74, 6) is 0.448. The number of aryl methyl sites for hydroxylation is 3. The first-order chi connectivity index (χ1) is 11.6. The van der Waals surface area contributed by atoms with Crippen molar-refractivity contribution < 1.29 is 4.79 Å². The molecule has 1 aromatic heterocycles. The minimum absolute atomic E-state index is 0.111. The number of aromatic nitrogens is 2. The van der Waals surface area contributed by atoms with Crippen LogP contribution >= 0.6 is 0 Å². The van der Waals surface area contributed by atoms with Gasteiger partial charge in [0, 0.05) is 18.2 Å². The molecule has 4 rings (SSSR count). The molecule has 1 amide bonds. The maximum atomic E-state index is 13.2. The van der Waals surface area contributed by atoms with Crippen molar-refractivity contribution in [3.63, 3.8) is 0 Å². The molecule has 1 saturated heterocycles. The fourth-order valence-corrected chi connectivity index (χ4v) is 4.25. The molecule has 2 aromatic rings. The Labute approximate surface area is 143 Å². The topological polar surface area (TPSA) is 49.0 Å². The fraction of sp³-hybridized carbons (Fsp3) is 0.500. The number of fused-ring (bicyclic) bond motifs is 1. The zero-order valence-electron chi connectivity index (χ0n) is 14.5. The number of H-pyrrole nitrogens is 1. The molecule has 2 unspecified atom stereocenters. The number of hydrogen-bond acceptors (Lipinski definition) is 2. The van der Waals surface area contributed by atoms with Crippen molar-refractivity contribution in [2.24, 2.45) is 5.92 Å². The van der Waals surface area contributed by atoms with Crippen LogP contribution in [0.2, 0.25) is 0 Å². The van der Waals surface area contributed by atoms with Crippen molar-refractivity contribution in [1.29, 1.82) is 0 Å².